The number of halogens is 1. The van der Waals surface area contributed by atoms with Gasteiger partial charge in [0.2, 0.25) is 0 Å². The topological polar surface area (TPSA) is 43.1 Å². The lowest BCUT2D eigenvalue weighted by molar-refractivity contribution is -0.384. The fourth-order valence-corrected chi connectivity index (χ4v) is 1.77. The van der Waals surface area contributed by atoms with Crippen LogP contribution in [0.15, 0.2) is 53.0 Å². The van der Waals surface area contributed by atoms with Crippen LogP contribution in [0.2, 0.25) is 0 Å². The largest absolute Gasteiger partial charge is 0.270 e. The SMILES string of the molecule is O=[N+]([O-])c1cccc(/C=C/c2ccc(Br)cc2)c1. The molecule has 2 rings (SSSR count). The maximum atomic E-state index is 10.6. The number of rotatable bonds is 3. The van der Waals surface area contributed by atoms with Crippen molar-refractivity contribution in [2.75, 3.05) is 0 Å². The van der Waals surface area contributed by atoms with E-state index in [4.69, 9.17) is 0 Å². The second-order valence-electron chi connectivity index (χ2n) is 3.74. The number of nitrogens with zero attached hydrogens (tertiary/aromatic N) is 1. The number of hydrogen-bond donors (Lipinski definition) is 0. The van der Waals surface area contributed by atoms with Gasteiger partial charge < -0.3 is 0 Å². The first-order valence-corrected chi connectivity index (χ1v) is 6.12. The molecular weight excluding hydrogens is 294 g/mol. The minimum absolute atomic E-state index is 0.105. The van der Waals surface area contributed by atoms with Crippen molar-refractivity contribution in [1.82, 2.24) is 0 Å². The molecule has 2 aromatic rings. The van der Waals surface area contributed by atoms with E-state index >= 15 is 0 Å². The molecule has 18 heavy (non-hydrogen) atoms. The molecule has 4 heteroatoms. The first-order chi connectivity index (χ1) is 8.65. The summed E-state index contributed by atoms with van der Waals surface area (Å²) in [6, 6.07) is 14.4. The Morgan fingerprint density at radius 3 is 2.33 bits per heavy atom. The third kappa shape index (κ3) is 3.28. The molecule has 0 aliphatic heterocycles. The van der Waals surface area contributed by atoms with E-state index in [1.165, 1.54) is 6.07 Å². The number of nitro groups is 1. The van der Waals surface area contributed by atoms with Crippen molar-refractivity contribution >= 4 is 33.8 Å². The van der Waals surface area contributed by atoms with Crippen LogP contribution >= 0.6 is 15.9 Å². The maximum Gasteiger partial charge on any atom is 0.270 e. The molecule has 0 fully saturated rings. The molecule has 0 saturated carbocycles. The monoisotopic (exact) mass is 303 g/mol. The van der Waals surface area contributed by atoms with E-state index in [-0.39, 0.29) is 5.69 Å². The summed E-state index contributed by atoms with van der Waals surface area (Å²) < 4.78 is 1.02. The van der Waals surface area contributed by atoms with Crippen LogP contribution in [0.5, 0.6) is 0 Å². The molecule has 0 unspecified atom stereocenters. The molecule has 0 heterocycles. The van der Waals surface area contributed by atoms with Gasteiger partial charge >= 0.3 is 0 Å². The summed E-state index contributed by atoms with van der Waals surface area (Å²) in [6.45, 7) is 0. The normalized spacial score (nSPS) is 10.7. The van der Waals surface area contributed by atoms with Crippen LogP contribution in [-0.4, -0.2) is 4.92 Å². The average Bonchev–Trinajstić information content (AvgIpc) is 2.38. The maximum absolute atomic E-state index is 10.6. The van der Waals surface area contributed by atoms with Gasteiger partial charge in [0, 0.05) is 16.6 Å². The lowest BCUT2D eigenvalue weighted by Gasteiger charge is -1.96. The van der Waals surface area contributed by atoms with Crippen LogP contribution in [-0.2, 0) is 0 Å². The zero-order chi connectivity index (χ0) is 13.0. The highest BCUT2D eigenvalue weighted by Gasteiger charge is 2.03. The molecular formula is C14H10BrNO2. The molecule has 0 amide bonds. The lowest BCUT2D eigenvalue weighted by Crippen LogP contribution is -1.87. The number of non-ortho nitro benzene ring substituents is 1. The Morgan fingerprint density at radius 1 is 1.00 bits per heavy atom. The smallest absolute Gasteiger partial charge is 0.258 e. The van der Waals surface area contributed by atoms with Gasteiger partial charge in [0.25, 0.3) is 5.69 Å². The molecule has 0 saturated heterocycles. The molecule has 90 valence electrons. The van der Waals surface area contributed by atoms with Crippen molar-refractivity contribution in [3.05, 3.63) is 74.2 Å². The van der Waals surface area contributed by atoms with Crippen LogP contribution in [0.3, 0.4) is 0 Å². The molecule has 0 N–H and O–H groups in total. The predicted octanol–water partition coefficient (Wildman–Crippen LogP) is 4.53. The third-order valence-electron chi connectivity index (χ3n) is 2.42. The van der Waals surface area contributed by atoms with E-state index in [1.807, 2.05) is 42.5 Å². The second-order valence-corrected chi connectivity index (χ2v) is 4.65. The van der Waals surface area contributed by atoms with Crippen molar-refractivity contribution in [1.29, 1.82) is 0 Å². The van der Waals surface area contributed by atoms with Crippen molar-refractivity contribution < 1.29 is 4.92 Å². The van der Waals surface area contributed by atoms with E-state index in [1.54, 1.807) is 12.1 Å². The van der Waals surface area contributed by atoms with E-state index in [9.17, 15) is 10.1 Å². The summed E-state index contributed by atoms with van der Waals surface area (Å²) in [4.78, 5) is 10.2. The van der Waals surface area contributed by atoms with E-state index in [0.29, 0.717) is 0 Å². The van der Waals surface area contributed by atoms with Crippen LogP contribution in [0.1, 0.15) is 11.1 Å². The van der Waals surface area contributed by atoms with Crippen molar-refractivity contribution in [2.45, 2.75) is 0 Å². The van der Waals surface area contributed by atoms with Crippen molar-refractivity contribution in [3.8, 4) is 0 Å². The lowest BCUT2D eigenvalue weighted by atomic mass is 10.1. The average molecular weight is 304 g/mol. The molecule has 0 aliphatic rings. The van der Waals surface area contributed by atoms with Gasteiger partial charge in [0.15, 0.2) is 0 Å². The molecule has 0 aliphatic carbocycles. The molecule has 2 aromatic carbocycles. The minimum atomic E-state index is -0.392. The molecule has 0 radical (unpaired) electrons. The summed E-state index contributed by atoms with van der Waals surface area (Å²) in [7, 11) is 0. The van der Waals surface area contributed by atoms with E-state index in [0.717, 1.165) is 15.6 Å². The first kappa shape index (κ1) is 12.5. The second kappa shape index (κ2) is 5.60. The molecule has 0 spiro atoms. The van der Waals surface area contributed by atoms with Gasteiger partial charge in [-0.05, 0) is 23.3 Å². The number of nitro benzene ring substituents is 1. The number of hydrogen-bond acceptors (Lipinski definition) is 2. The standard InChI is InChI=1S/C14H10BrNO2/c15-13-8-6-11(7-9-13)4-5-12-2-1-3-14(10-12)16(17)18/h1-10H/b5-4+. The van der Waals surface area contributed by atoms with Crippen molar-refractivity contribution in [3.63, 3.8) is 0 Å². The Hall–Kier alpha value is -1.94. The fraction of sp³-hybridized carbons (Fsp3) is 0. The predicted molar refractivity (Wildman–Crippen MR) is 76.2 cm³/mol. The Balaban J connectivity index is 2.20. The Bertz CT molecular complexity index is 591. The molecule has 3 nitrogen and oxygen atoms in total. The molecule has 0 bridgehead atoms. The Morgan fingerprint density at radius 2 is 1.67 bits per heavy atom. The van der Waals surface area contributed by atoms with Crippen LogP contribution in [0.4, 0.5) is 5.69 Å². The summed E-state index contributed by atoms with van der Waals surface area (Å²) in [5.74, 6) is 0. The van der Waals surface area contributed by atoms with Gasteiger partial charge in [-0.25, -0.2) is 0 Å². The highest BCUT2D eigenvalue weighted by molar-refractivity contribution is 9.10. The van der Waals surface area contributed by atoms with Gasteiger partial charge in [0.05, 0.1) is 4.92 Å². The first-order valence-electron chi connectivity index (χ1n) is 5.33. The quantitative estimate of drug-likeness (QED) is 0.475. The Kier molecular flexibility index (Phi) is 3.89. The zero-order valence-electron chi connectivity index (χ0n) is 9.42. The van der Waals surface area contributed by atoms with Crippen LogP contribution in [0, 0.1) is 10.1 Å². The summed E-state index contributed by atoms with van der Waals surface area (Å²) >= 11 is 3.37. The molecule has 0 atom stereocenters. The van der Waals surface area contributed by atoms with Gasteiger partial charge in [0.1, 0.15) is 0 Å². The highest BCUT2D eigenvalue weighted by atomic mass is 79.9. The van der Waals surface area contributed by atoms with Crippen molar-refractivity contribution in [2.24, 2.45) is 0 Å². The van der Waals surface area contributed by atoms with Gasteiger partial charge in [-0.1, -0.05) is 52.3 Å². The van der Waals surface area contributed by atoms with Gasteiger partial charge in [-0.3, -0.25) is 10.1 Å². The van der Waals surface area contributed by atoms with E-state index in [2.05, 4.69) is 15.9 Å². The highest BCUT2D eigenvalue weighted by Crippen LogP contribution is 2.16. The minimum Gasteiger partial charge on any atom is -0.258 e. The Labute approximate surface area is 113 Å². The molecule has 0 aromatic heterocycles. The van der Waals surface area contributed by atoms with Crippen LogP contribution < -0.4 is 0 Å². The van der Waals surface area contributed by atoms with Gasteiger partial charge in [-0.15, -0.1) is 0 Å². The zero-order valence-corrected chi connectivity index (χ0v) is 11.0. The summed E-state index contributed by atoms with van der Waals surface area (Å²) in [6.07, 6.45) is 3.78. The van der Waals surface area contributed by atoms with E-state index < -0.39 is 4.92 Å². The van der Waals surface area contributed by atoms with Gasteiger partial charge in [-0.2, -0.15) is 0 Å². The number of benzene rings is 2. The fourth-order valence-electron chi connectivity index (χ4n) is 1.51. The third-order valence-corrected chi connectivity index (χ3v) is 2.95. The van der Waals surface area contributed by atoms with Crippen LogP contribution in [0.25, 0.3) is 12.2 Å². The summed E-state index contributed by atoms with van der Waals surface area (Å²) in [5, 5.41) is 10.6. The summed E-state index contributed by atoms with van der Waals surface area (Å²) in [5.41, 5.74) is 1.96.